The van der Waals surface area contributed by atoms with E-state index in [1.807, 2.05) is 43.3 Å². The standard InChI is InChI=1S/C14H12BrClO/c1-9-4-2-3-5-11(9)14(17)10-6-7-13(16)12(15)8-10/h2-8,14,17H,1H3. The van der Waals surface area contributed by atoms with Crippen LogP contribution in [0.15, 0.2) is 46.9 Å². The first kappa shape index (κ1) is 12.6. The van der Waals surface area contributed by atoms with Crippen LogP contribution in [0.25, 0.3) is 0 Å². The molecular formula is C14H12BrClO. The summed E-state index contributed by atoms with van der Waals surface area (Å²) in [6.07, 6.45) is -0.621. The molecule has 3 heteroatoms. The summed E-state index contributed by atoms with van der Waals surface area (Å²) in [7, 11) is 0. The summed E-state index contributed by atoms with van der Waals surface area (Å²) in [5, 5.41) is 11.0. The minimum absolute atomic E-state index is 0.621. The van der Waals surface area contributed by atoms with Crippen molar-refractivity contribution in [3.05, 3.63) is 68.7 Å². The van der Waals surface area contributed by atoms with Gasteiger partial charge in [0.2, 0.25) is 0 Å². The Balaban J connectivity index is 2.40. The second-order valence-electron chi connectivity index (χ2n) is 3.93. The zero-order valence-corrected chi connectivity index (χ0v) is 11.7. The Morgan fingerprint density at radius 2 is 1.88 bits per heavy atom. The molecule has 0 radical (unpaired) electrons. The minimum atomic E-state index is -0.621. The Kier molecular flexibility index (Phi) is 3.87. The summed E-state index contributed by atoms with van der Waals surface area (Å²) < 4.78 is 0.796. The number of benzene rings is 2. The van der Waals surface area contributed by atoms with Crippen LogP contribution in [0.3, 0.4) is 0 Å². The number of rotatable bonds is 2. The molecule has 0 saturated heterocycles. The second-order valence-corrected chi connectivity index (χ2v) is 5.19. The highest BCUT2D eigenvalue weighted by Crippen LogP contribution is 2.30. The van der Waals surface area contributed by atoms with Crippen LogP contribution in [0.2, 0.25) is 5.02 Å². The summed E-state index contributed by atoms with van der Waals surface area (Å²) in [4.78, 5) is 0. The van der Waals surface area contributed by atoms with Crippen LogP contribution in [0.5, 0.6) is 0 Å². The molecule has 17 heavy (non-hydrogen) atoms. The highest BCUT2D eigenvalue weighted by Gasteiger charge is 2.13. The Labute approximate surface area is 114 Å². The van der Waals surface area contributed by atoms with Gasteiger partial charge >= 0.3 is 0 Å². The Morgan fingerprint density at radius 1 is 1.18 bits per heavy atom. The molecule has 0 amide bonds. The second kappa shape index (κ2) is 5.21. The average Bonchev–Trinajstić information content (AvgIpc) is 2.32. The summed E-state index contributed by atoms with van der Waals surface area (Å²) in [5.74, 6) is 0. The fourth-order valence-corrected chi connectivity index (χ4v) is 2.27. The van der Waals surface area contributed by atoms with Gasteiger partial charge in [-0.2, -0.15) is 0 Å². The maximum absolute atomic E-state index is 10.3. The van der Waals surface area contributed by atoms with E-state index in [1.54, 1.807) is 6.07 Å². The molecule has 1 N–H and O–H groups in total. The smallest absolute Gasteiger partial charge is 0.104 e. The lowest BCUT2D eigenvalue weighted by atomic mass is 9.98. The molecule has 1 atom stereocenters. The predicted molar refractivity (Wildman–Crippen MR) is 74.4 cm³/mol. The fourth-order valence-electron chi connectivity index (χ4n) is 1.76. The van der Waals surface area contributed by atoms with Gasteiger partial charge < -0.3 is 5.11 Å². The molecule has 0 bridgehead atoms. The van der Waals surface area contributed by atoms with Crippen molar-refractivity contribution in [1.82, 2.24) is 0 Å². The highest BCUT2D eigenvalue weighted by atomic mass is 79.9. The van der Waals surface area contributed by atoms with Crippen LogP contribution in [-0.2, 0) is 0 Å². The Bertz CT molecular complexity index is 539. The first-order valence-electron chi connectivity index (χ1n) is 5.28. The highest BCUT2D eigenvalue weighted by molar-refractivity contribution is 9.10. The van der Waals surface area contributed by atoms with Gasteiger partial charge in [0, 0.05) is 4.47 Å². The topological polar surface area (TPSA) is 20.2 Å². The van der Waals surface area contributed by atoms with Crippen molar-refractivity contribution in [2.24, 2.45) is 0 Å². The maximum atomic E-state index is 10.3. The monoisotopic (exact) mass is 310 g/mol. The molecule has 0 spiro atoms. The minimum Gasteiger partial charge on any atom is -0.384 e. The van der Waals surface area contributed by atoms with Crippen molar-refractivity contribution in [2.45, 2.75) is 13.0 Å². The van der Waals surface area contributed by atoms with Crippen LogP contribution < -0.4 is 0 Å². The lowest BCUT2D eigenvalue weighted by Crippen LogP contribution is -2.01. The molecule has 1 nitrogen and oxygen atoms in total. The molecular weight excluding hydrogens is 300 g/mol. The zero-order valence-electron chi connectivity index (χ0n) is 9.32. The molecule has 0 saturated carbocycles. The maximum Gasteiger partial charge on any atom is 0.104 e. The van der Waals surface area contributed by atoms with Crippen molar-refractivity contribution in [1.29, 1.82) is 0 Å². The van der Waals surface area contributed by atoms with E-state index in [1.165, 1.54) is 0 Å². The quantitative estimate of drug-likeness (QED) is 0.866. The van der Waals surface area contributed by atoms with E-state index in [4.69, 9.17) is 11.6 Å². The lowest BCUT2D eigenvalue weighted by molar-refractivity contribution is 0.219. The van der Waals surface area contributed by atoms with Crippen molar-refractivity contribution in [3.63, 3.8) is 0 Å². The van der Waals surface area contributed by atoms with Crippen LogP contribution in [0.1, 0.15) is 22.8 Å². The van der Waals surface area contributed by atoms with Crippen LogP contribution in [0, 0.1) is 6.92 Å². The van der Waals surface area contributed by atoms with Crippen LogP contribution in [0.4, 0.5) is 0 Å². The molecule has 0 aliphatic heterocycles. The SMILES string of the molecule is Cc1ccccc1C(O)c1ccc(Cl)c(Br)c1. The first-order valence-corrected chi connectivity index (χ1v) is 6.45. The molecule has 0 aliphatic carbocycles. The van der Waals surface area contributed by atoms with Crippen LogP contribution >= 0.6 is 27.5 Å². The molecule has 1 unspecified atom stereocenters. The third-order valence-electron chi connectivity index (χ3n) is 2.74. The molecule has 88 valence electrons. The van der Waals surface area contributed by atoms with Gasteiger partial charge in [0.1, 0.15) is 6.10 Å². The Hall–Kier alpha value is -0.830. The summed E-state index contributed by atoms with van der Waals surface area (Å²) >= 11 is 9.30. The largest absolute Gasteiger partial charge is 0.384 e. The van der Waals surface area contributed by atoms with E-state index in [0.29, 0.717) is 5.02 Å². The predicted octanol–water partition coefficient (Wildman–Crippen LogP) is 4.49. The van der Waals surface area contributed by atoms with E-state index in [0.717, 1.165) is 21.2 Å². The lowest BCUT2D eigenvalue weighted by Gasteiger charge is -2.14. The molecule has 0 aliphatic rings. The number of aliphatic hydroxyl groups excluding tert-OH is 1. The van der Waals surface area contributed by atoms with E-state index < -0.39 is 6.10 Å². The van der Waals surface area contributed by atoms with Gasteiger partial charge in [0.15, 0.2) is 0 Å². The molecule has 0 aromatic heterocycles. The van der Waals surface area contributed by atoms with Crippen molar-refractivity contribution in [2.75, 3.05) is 0 Å². The van der Waals surface area contributed by atoms with Crippen LogP contribution in [-0.4, -0.2) is 5.11 Å². The van der Waals surface area contributed by atoms with Crippen molar-refractivity contribution >= 4 is 27.5 Å². The van der Waals surface area contributed by atoms with Gasteiger partial charge in [-0.15, -0.1) is 0 Å². The number of hydrogen-bond acceptors (Lipinski definition) is 1. The average molecular weight is 312 g/mol. The van der Waals surface area contributed by atoms with Crippen molar-refractivity contribution in [3.8, 4) is 0 Å². The van der Waals surface area contributed by atoms with Gasteiger partial charge in [-0.3, -0.25) is 0 Å². The van der Waals surface area contributed by atoms with Gasteiger partial charge in [0.05, 0.1) is 5.02 Å². The molecule has 0 fully saturated rings. The first-order chi connectivity index (χ1) is 8.09. The molecule has 0 heterocycles. The summed E-state index contributed by atoms with van der Waals surface area (Å²) in [6, 6.07) is 13.3. The number of aliphatic hydroxyl groups is 1. The number of hydrogen-bond donors (Lipinski definition) is 1. The third kappa shape index (κ3) is 2.71. The zero-order chi connectivity index (χ0) is 12.4. The van der Waals surface area contributed by atoms with E-state index in [9.17, 15) is 5.11 Å². The molecule has 2 aromatic carbocycles. The third-order valence-corrected chi connectivity index (χ3v) is 3.96. The molecule has 2 aromatic rings. The normalized spacial score (nSPS) is 12.5. The van der Waals surface area contributed by atoms with E-state index in [-0.39, 0.29) is 0 Å². The van der Waals surface area contributed by atoms with Gasteiger partial charge in [-0.1, -0.05) is 41.9 Å². The van der Waals surface area contributed by atoms with E-state index in [2.05, 4.69) is 15.9 Å². The van der Waals surface area contributed by atoms with Gasteiger partial charge in [-0.25, -0.2) is 0 Å². The Morgan fingerprint density at radius 3 is 2.53 bits per heavy atom. The van der Waals surface area contributed by atoms with Gasteiger partial charge in [0.25, 0.3) is 0 Å². The van der Waals surface area contributed by atoms with Crippen molar-refractivity contribution < 1.29 is 5.11 Å². The number of aryl methyl sites for hydroxylation is 1. The fraction of sp³-hybridized carbons (Fsp3) is 0.143. The summed E-state index contributed by atoms with van der Waals surface area (Å²) in [6.45, 7) is 1.99. The van der Waals surface area contributed by atoms with Gasteiger partial charge in [-0.05, 0) is 51.7 Å². The number of halogens is 2. The summed E-state index contributed by atoms with van der Waals surface area (Å²) in [5.41, 5.74) is 2.82. The van der Waals surface area contributed by atoms with E-state index >= 15 is 0 Å². The molecule has 2 rings (SSSR count).